The van der Waals surface area contributed by atoms with Crippen LogP contribution in [0.2, 0.25) is 5.02 Å². The number of rotatable bonds is 2. The molecule has 21 heavy (non-hydrogen) atoms. The van der Waals surface area contributed by atoms with Crippen molar-refractivity contribution in [1.82, 2.24) is 0 Å². The minimum absolute atomic E-state index is 0.113. The second-order valence-corrected chi connectivity index (χ2v) is 5.47. The Kier molecular flexibility index (Phi) is 3.55. The maximum atomic E-state index is 14.3. The number of aryl methyl sites for hydroxylation is 1. The van der Waals surface area contributed by atoms with E-state index in [2.05, 4.69) is 4.99 Å². The van der Waals surface area contributed by atoms with E-state index in [4.69, 9.17) is 17.3 Å². The van der Waals surface area contributed by atoms with Gasteiger partial charge in [0.15, 0.2) is 5.96 Å². The van der Waals surface area contributed by atoms with E-state index < -0.39 is 5.82 Å². The summed E-state index contributed by atoms with van der Waals surface area (Å²) in [5.74, 6) is -0.0191. The monoisotopic (exact) mass is 303 g/mol. The number of hydrogen-bond donors (Lipinski definition) is 1. The average Bonchev–Trinajstić information content (AvgIpc) is 2.85. The highest BCUT2D eigenvalue weighted by Crippen LogP contribution is 2.34. The normalized spacial score (nSPS) is 18.0. The van der Waals surface area contributed by atoms with Gasteiger partial charge in [0.1, 0.15) is 5.82 Å². The van der Waals surface area contributed by atoms with Crippen LogP contribution >= 0.6 is 11.6 Å². The standard InChI is InChI=1S/C16H15ClFN3/c1-10-5-7-11(8-6-10)21-14(9-20-16(21)19)12-3-2-4-13(17)15(12)18/h2-8,14H,9H2,1H3,(H2,19,20). The summed E-state index contributed by atoms with van der Waals surface area (Å²) in [5.41, 5.74) is 8.54. The van der Waals surface area contributed by atoms with Crippen LogP contribution in [0, 0.1) is 12.7 Å². The molecular weight excluding hydrogens is 289 g/mol. The zero-order valence-corrected chi connectivity index (χ0v) is 12.3. The van der Waals surface area contributed by atoms with E-state index in [0.29, 0.717) is 18.1 Å². The summed E-state index contributed by atoms with van der Waals surface area (Å²) in [6, 6.07) is 12.6. The van der Waals surface area contributed by atoms with Crippen molar-refractivity contribution in [3.63, 3.8) is 0 Å². The number of halogens is 2. The number of anilines is 1. The lowest BCUT2D eigenvalue weighted by molar-refractivity contribution is 0.590. The van der Waals surface area contributed by atoms with Gasteiger partial charge in [0.2, 0.25) is 0 Å². The van der Waals surface area contributed by atoms with Gasteiger partial charge in [-0.25, -0.2) is 4.39 Å². The van der Waals surface area contributed by atoms with Crippen LogP contribution in [0.25, 0.3) is 0 Å². The zero-order chi connectivity index (χ0) is 15.0. The topological polar surface area (TPSA) is 41.6 Å². The van der Waals surface area contributed by atoms with Crippen molar-refractivity contribution in [2.75, 3.05) is 11.4 Å². The van der Waals surface area contributed by atoms with E-state index in [1.54, 1.807) is 12.1 Å². The molecule has 0 saturated heterocycles. The number of hydrogen-bond acceptors (Lipinski definition) is 3. The molecule has 0 saturated carbocycles. The van der Waals surface area contributed by atoms with E-state index >= 15 is 0 Å². The van der Waals surface area contributed by atoms with Gasteiger partial charge < -0.3 is 10.6 Å². The third-order valence-electron chi connectivity index (χ3n) is 3.64. The highest BCUT2D eigenvalue weighted by molar-refractivity contribution is 6.30. The number of benzene rings is 2. The van der Waals surface area contributed by atoms with Crippen LogP contribution in [0.1, 0.15) is 17.2 Å². The van der Waals surface area contributed by atoms with Gasteiger partial charge in [0.25, 0.3) is 0 Å². The Bertz CT molecular complexity index is 697. The molecule has 2 aromatic carbocycles. The first-order valence-electron chi connectivity index (χ1n) is 6.67. The molecule has 1 aliphatic rings. The van der Waals surface area contributed by atoms with Gasteiger partial charge in [0.05, 0.1) is 17.6 Å². The molecule has 5 heteroatoms. The lowest BCUT2D eigenvalue weighted by atomic mass is 10.0. The van der Waals surface area contributed by atoms with E-state index in [0.717, 1.165) is 11.3 Å². The molecule has 1 aliphatic heterocycles. The average molecular weight is 304 g/mol. The quantitative estimate of drug-likeness (QED) is 0.920. The highest BCUT2D eigenvalue weighted by Gasteiger charge is 2.31. The predicted octanol–water partition coefficient (Wildman–Crippen LogP) is 3.66. The molecule has 1 unspecified atom stereocenters. The summed E-state index contributed by atoms with van der Waals surface area (Å²) in [5, 5.41) is 0.113. The molecule has 1 atom stereocenters. The fourth-order valence-electron chi connectivity index (χ4n) is 2.53. The Labute approximate surface area is 127 Å². The summed E-state index contributed by atoms with van der Waals surface area (Å²) in [6.07, 6.45) is 0. The van der Waals surface area contributed by atoms with Crippen LogP contribution in [-0.4, -0.2) is 12.5 Å². The largest absolute Gasteiger partial charge is 0.369 e. The SMILES string of the molecule is Cc1ccc(N2C(N)=NCC2c2cccc(Cl)c2F)cc1. The second-order valence-electron chi connectivity index (χ2n) is 5.06. The lowest BCUT2D eigenvalue weighted by Gasteiger charge is -2.27. The summed E-state index contributed by atoms with van der Waals surface area (Å²) < 4.78 is 14.3. The van der Waals surface area contributed by atoms with Gasteiger partial charge in [-0.15, -0.1) is 0 Å². The van der Waals surface area contributed by atoms with Crippen LogP contribution in [0.4, 0.5) is 10.1 Å². The smallest absolute Gasteiger partial charge is 0.196 e. The fourth-order valence-corrected chi connectivity index (χ4v) is 2.71. The van der Waals surface area contributed by atoms with E-state index in [9.17, 15) is 4.39 Å². The van der Waals surface area contributed by atoms with Gasteiger partial charge in [0, 0.05) is 11.3 Å². The van der Waals surface area contributed by atoms with Gasteiger partial charge >= 0.3 is 0 Å². The summed E-state index contributed by atoms with van der Waals surface area (Å²) >= 11 is 5.88. The molecule has 3 rings (SSSR count). The maximum absolute atomic E-state index is 14.3. The summed E-state index contributed by atoms with van der Waals surface area (Å²) in [6.45, 7) is 2.43. The minimum Gasteiger partial charge on any atom is -0.369 e. The van der Waals surface area contributed by atoms with Crippen molar-refractivity contribution in [2.24, 2.45) is 10.7 Å². The molecule has 2 N–H and O–H groups in total. The van der Waals surface area contributed by atoms with Crippen LogP contribution in [0.5, 0.6) is 0 Å². The summed E-state index contributed by atoms with van der Waals surface area (Å²) in [4.78, 5) is 6.10. The molecule has 3 nitrogen and oxygen atoms in total. The Morgan fingerprint density at radius 2 is 1.95 bits per heavy atom. The third kappa shape index (κ3) is 2.47. The van der Waals surface area contributed by atoms with Gasteiger partial charge in [-0.3, -0.25) is 4.99 Å². The molecule has 1 heterocycles. The van der Waals surface area contributed by atoms with Crippen LogP contribution in [0.3, 0.4) is 0 Å². The van der Waals surface area contributed by atoms with E-state index in [1.807, 2.05) is 36.1 Å². The fraction of sp³-hybridized carbons (Fsp3) is 0.188. The van der Waals surface area contributed by atoms with Gasteiger partial charge in [-0.1, -0.05) is 41.4 Å². The first-order chi connectivity index (χ1) is 10.1. The van der Waals surface area contributed by atoms with Crippen molar-refractivity contribution in [3.8, 4) is 0 Å². The molecule has 0 aromatic heterocycles. The zero-order valence-electron chi connectivity index (χ0n) is 11.6. The predicted molar refractivity (Wildman–Crippen MR) is 84.3 cm³/mol. The summed E-state index contributed by atoms with van der Waals surface area (Å²) in [7, 11) is 0. The van der Waals surface area contributed by atoms with Crippen molar-refractivity contribution in [1.29, 1.82) is 0 Å². The molecule has 0 amide bonds. The van der Waals surface area contributed by atoms with Gasteiger partial charge in [-0.05, 0) is 25.1 Å². The molecule has 0 spiro atoms. The van der Waals surface area contributed by atoms with E-state index in [-0.39, 0.29) is 11.1 Å². The first-order valence-corrected chi connectivity index (χ1v) is 7.05. The Balaban J connectivity index is 2.03. The molecule has 0 bridgehead atoms. The molecule has 108 valence electrons. The molecule has 2 aromatic rings. The Morgan fingerprint density at radius 3 is 2.67 bits per heavy atom. The molecule has 0 radical (unpaired) electrons. The maximum Gasteiger partial charge on any atom is 0.196 e. The Hall–Kier alpha value is -2.07. The van der Waals surface area contributed by atoms with Crippen LogP contribution < -0.4 is 10.6 Å². The molecule has 0 fully saturated rings. The molecular formula is C16H15ClFN3. The first kappa shape index (κ1) is 13.9. The number of nitrogens with two attached hydrogens (primary N) is 1. The van der Waals surface area contributed by atoms with Crippen molar-refractivity contribution in [3.05, 3.63) is 64.4 Å². The van der Waals surface area contributed by atoms with Crippen molar-refractivity contribution in [2.45, 2.75) is 13.0 Å². The number of nitrogens with zero attached hydrogens (tertiary/aromatic N) is 2. The molecule has 0 aliphatic carbocycles. The number of aliphatic imine (C=N–C) groups is 1. The number of guanidine groups is 1. The van der Waals surface area contributed by atoms with E-state index in [1.165, 1.54) is 6.07 Å². The second kappa shape index (κ2) is 5.37. The van der Waals surface area contributed by atoms with Crippen molar-refractivity contribution < 1.29 is 4.39 Å². The van der Waals surface area contributed by atoms with Gasteiger partial charge in [-0.2, -0.15) is 0 Å². The van der Waals surface area contributed by atoms with Crippen molar-refractivity contribution >= 4 is 23.2 Å². The van der Waals surface area contributed by atoms with Crippen LogP contribution in [-0.2, 0) is 0 Å². The third-order valence-corrected chi connectivity index (χ3v) is 3.93. The Morgan fingerprint density at radius 1 is 1.24 bits per heavy atom. The van der Waals surface area contributed by atoms with Crippen LogP contribution in [0.15, 0.2) is 47.5 Å². The lowest BCUT2D eigenvalue weighted by Crippen LogP contribution is -2.36. The minimum atomic E-state index is -0.411. The highest BCUT2D eigenvalue weighted by atomic mass is 35.5.